The number of nitriles is 1. The van der Waals surface area contributed by atoms with Gasteiger partial charge in [-0.15, -0.1) is 0 Å². The number of allylic oxidation sites excluding steroid dienone is 3. The minimum absolute atomic E-state index is 0.00385. The molecule has 0 spiro atoms. The summed E-state index contributed by atoms with van der Waals surface area (Å²) in [5, 5.41) is 12.9. The van der Waals surface area contributed by atoms with E-state index in [-0.39, 0.29) is 46.9 Å². The van der Waals surface area contributed by atoms with E-state index in [0.29, 0.717) is 11.1 Å². The molecule has 0 aliphatic carbocycles. The highest BCUT2D eigenvalue weighted by Gasteiger charge is 2.38. The van der Waals surface area contributed by atoms with Crippen molar-refractivity contribution in [3.05, 3.63) is 81.5 Å². The van der Waals surface area contributed by atoms with E-state index < -0.39 is 23.4 Å². The summed E-state index contributed by atoms with van der Waals surface area (Å²) >= 11 is 5.85. The van der Waals surface area contributed by atoms with E-state index in [9.17, 15) is 27.2 Å². The lowest BCUT2D eigenvalue weighted by Gasteiger charge is -2.16. The molecule has 2 rings (SSSR count). The number of carbonyl (C=O) groups excluding carboxylic acids is 2. The van der Waals surface area contributed by atoms with Gasteiger partial charge in [-0.3, -0.25) is 9.59 Å². The number of rotatable bonds is 11. The molecule has 1 amide bonds. The van der Waals surface area contributed by atoms with Crippen LogP contribution >= 0.6 is 11.6 Å². The van der Waals surface area contributed by atoms with Crippen LogP contribution in [-0.2, 0) is 9.59 Å². The van der Waals surface area contributed by atoms with Crippen molar-refractivity contribution in [2.75, 3.05) is 13.6 Å². The third-order valence-electron chi connectivity index (χ3n) is 4.83. The predicted octanol–water partition coefficient (Wildman–Crippen LogP) is 5.18. The van der Waals surface area contributed by atoms with Gasteiger partial charge in [-0.1, -0.05) is 23.7 Å². The van der Waals surface area contributed by atoms with E-state index >= 15 is 0 Å². The van der Waals surface area contributed by atoms with Crippen LogP contribution in [0.15, 0.2) is 64.0 Å². The quantitative estimate of drug-likeness (QED) is 0.0771. The SMILES string of the molecule is C/C(=C\C(CN(C)C=N/C(=C(\C=O)Oc1cc(Cl)cc(C#N)c1)C(F)(F)F)=N/NC=O)c1ccc(C)cc1F. The second-order valence-electron chi connectivity index (χ2n) is 8.04. The highest BCUT2D eigenvalue weighted by Crippen LogP contribution is 2.31. The topological polar surface area (TPSA) is 107 Å². The van der Waals surface area contributed by atoms with Crippen LogP contribution < -0.4 is 10.2 Å². The molecule has 0 aliphatic heterocycles. The lowest BCUT2D eigenvalue weighted by molar-refractivity contribution is -0.110. The van der Waals surface area contributed by atoms with Gasteiger partial charge >= 0.3 is 6.18 Å². The van der Waals surface area contributed by atoms with E-state index in [2.05, 4.69) is 15.5 Å². The summed E-state index contributed by atoms with van der Waals surface area (Å²) in [4.78, 5) is 26.8. The van der Waals surface area contributed by atoms with Gasteiger partial charge in [-0.05, 0) is 55.3 Å². The van der Waals surface area contributed by atoms with Crippen LogP contribution in [0.4, 0.5) is 17.6 Å². The average molecular weight is 564 g/mol. The van der Waals surface area contributed by atoms with Crippen LogP contribution in [0.3, 0.4) is 0 Å². The van der Waals surface area contributed by atoms with Crippen molar-refractivity contribution in [2.45, 2.75) is 20.0 Å². The maximum atomic E-state index is 14.4. The van der Waals surface area contributed by atoms with Crippen LogP contribution in [0.25, 0.3) is 5.57 Å². The molecule has 0 aromatic heterocycles. The molecule has 0 saturated carbocycles. The fourth-order valence-corrected chi connectivity index (χ4v) is 3.39. The number of ether oxygens (including phenoxy) is 1. The van der Waals surface area contributed by atoms with Crippen molar-refractivity contribution >= 4 is 41.9 Å². The van der Waals surface area contributed by atoms with Crippen LogP contribution in [0, 0.1) is 24.1 Å². The number of nitrogens with one attached hydrogen (secondary N) is 1. The second-order valence-corrected chi connectivity index (χ2v) is 8.47. The van der Waals surface area contributed by atoms with Gasteiger partial charge in [0.05, 0.1) is 30.2 Å². The third-order valence-corrected chi connectivity index (χ3v) is 5.04. The number of hydrazone groups is 1. The van der Waals surface area contributed by atoms with Crippen molar-refractivity contribution in [1.29, 1.82) is 5.26 Å². The lowest BCUT2D eigenvalue weighted by atomic mass is 10.0. The molecule has 2 aromatic carbocycles. The Balaban J connectivity index is 2.37. The van der Waals surface area contributed by atoms with Crippen molar-refractivity contribution in [3.63, 3.8) is 0 Å². The van der Waals surface area contributed by atoms with Crippen molar-refractivity contribution in [3.8, 4) is 11.8 Å². The van der Waals surface area contributed by atoms with Gasteiger partial charge in [0.15, 0.2) is 17.7 Å². The number of halogens is 5. The molecule has 0 fully saturated rings. The Hall–Kier alpha value is -4.50. The standard InChI is InChI=1S/C26H22ClF4N5O3/c1-16-4-5-22(23(28)6-16)17(2)7-20(35-34-15-38)12-36(3)14-33-25(26(29,30)31)24(13-37)39-21-9-18(11-32)8-19(27)10-21/h4-10,13-15H,12H2,1-3H3,(H,34,38)/b17-7+,25-24+,33-14?,35-20+. The fourth-order valence-electron chi connectivity index (χ4n) is 3.16. The molecule has 39 heavy (non-hydrogen) atoms. The van der Waals surface area contributed by atoms with Gasteiger partial charge in [0.2, 0.25) is 6.41 Å². The van der Waals surface area contributed by atoms with E-state index in [1.165, 1.54) is 30.2 Å². The number of hydrogen-bond acceptors (Lipinski definition) is 6. The Morgan fingerprint density at radius 3 is 2.54 bits per heavy atom. The average Bonchev–Trinajstić information content (AvgIpc) is 2.85. The smallest absolute Gasteiger partial charge is 0.437 e. The molecule has 0 saturated heterocycles. The molecular weight excluding hydrogens is 542 g/mol. The van der Waals surface area contributed by atoms with Crippen LogP contribution in [-0.4, -0.2) is 49.4 Å². The van der Waals surface area contributed by atoms with Gasteiger partial charge in [-0.25, -0.2) is 14.8 Å². The number of amides is 1. The fraction of sp³-hybridized carbons (Fsp3) is 0.192. The number of carbonyl (C=O) groups is 2. The van der Waals surface area contributed by atoms with E-state index in [1.54, 1.807) is 32.0 Å². The summed E-state index contributed by atoms with van der Waals surface area (Å²) in [6.07, 6.45) is -2.76. The van der Waals surface area contributed by atoms with Gasteiger partial charge in [0.25, 0.3) is 0 Å². The molecule has 0 aliphatic rings. The molecule has 0 radical (unpaired) electrons. The van der Waals surface area contributed by atoms with Crippen molar-refractivity contribution in [1.82, 2.24) is 10.3 Å². The number of aliphatic imine (C=N–C) groups is 1. The zero-order valence-corrected chi connectivity index (χ0v) is 21.6. The Kier molecular flexibility index (Phi) is 10.9. The number of hydrogen-bond donors (Lipinski definition) is 1. The Morgan fingerprint density at radius 1 is 1.23 bits per heavy atom. The Labute approximate surface area is 226 Å². The molecule has 13 heteroatoms. The first-order chi connectivity index (χ1) is 18.4. The molecule has 2 aromatic rings. The molecule has 8 nitrogen and oxygen atoms in total. The summed E-state index contributed by atoms with van der Waals surface area (Å²) in [5.41, 5.74) is 2.03. The first-order valence-corrected chi connectivity index (χ1v) is 11.4. The molecule has 1 N–H and O–H groups in total. The van der Waals surface area contributed by atoms with E-state index in [4.69, 9.17) is 21.6 Å². The predicted molar refractivity (Wildman–Crippen MR) is 138 cm³/mol. The Bertz CT molecular complexity index is 1390. The summed E-state index contributed by atoms with van der Waals surface area (Å²) in [7, 11) is 1.36. The summed E-state index contributed by atoms with van der Waals surface area (Å²) in [6, 6.07) is 9.88. The zero-order chi connectivity index (χ0) is 29.2. The first-order valence-electron chi connectivity index (χ1n) is 11.0. The van der Waals surface area contributed by atoms with E-state index in [1.807, 2.05) is 0 Å². The normalized spacial score (nSPS) is 13.0. The van der Waals surface area contributed by atoms with Gasteiger partial charge in [-0.2, -0.15) is 23.5 Å². The number of benzene rings is 2. The lowest BCUT2D eigenvalue weighted by Crippen LogP contribution is -2.26. The number of aldehydes is 1. The number of alkyl halides is 3. The monoisotopic (exact) mass is 563 g/mol. The molecule has 204 valence electrons. The Morgan fingerprint density at radius 2 is 1.95 bits per heavy atom. The van der Waals surface area contributed by atoms with Crippen LogP contribution in [0.2, 0.25) is 5.02 Å². The van der Waals surface area contributed by atoms with Gasteiger partial charge in [0, 0.05) is 17.6 Å². The molecule has 0 bridgehead atoms. The molecule has 0 heterocycles. The summed E-state index contributed by atoms with van der Waals surface area (Å²) < 4.78 is 60.7. The molecule has 0 atom stereocenters. The maximum Gasteiger partial charge on any atom is 0.437 e. The minimum atomic E-state index is -5.10. The summed E-state index contributed by atoms with van der Waals surface area (Å²) in [6.45, 7) is 3.16. The van der Waals surface area contributed by atoms with Crippen LogP contribution in [0.5, 0.6) is 5.75 Å². The molecular formula is C26H22ClF4N5O3. The van der Waals surface area contributed by atoms with Gasteiger partial charge in [0.1, 0.15) is 11.6 Å². The van der Waals surface area contributed by atoms with Crippen molar-refractivity contribution < 1.29 is 31.9 Å². The third kappa shape index (κ3) is 9.39. The highest BCUT2D eigenvalue weighted by atomic mass is 35.5. The first kappa shape index (κ1) is 30.7. The zero-order valence-electron chi connectivity index (χ0n) is 20.9. The molecule has 0 unspecified atom stereocenters. The number of nitrogens with zero attached hydrogens (tertiary/aromatic N) is 4. The second kappa shape index (κ2) is 13.9. The maximum absolute atomic E-state index is 14.4. The van der Waals surface area contributed by atoms with E-state index in [0.717, 1.165) is 18.5 Å². The minimum Gasteiger partial charge on any atom is -0.452 e. The van der Waals surface area contributed by atoms with Crippen LogP contribution in [0.1, 0.15) is 23.6 Å². The summed E-state index contributed by atoms with van der Waals surface area (Å²) in [5.74, 6) is -1.92. The van der Waals surface area contributed by atoms with Gasteiger partial charge < -0.3 is 9.64 Å². The number of aryl methyl sites for hydroxylation is 1. The largest absolute Gasteiger partial charge is 0.452 e. The highest BCUT2D eigenvalue weighted by molar-refractivity contribution is 6.30. The van der Waals surface area contributed by atoms with Crippen molar-refractivity contribution in [2.24, 2.45) is 10.1 Å².